The molecule has 0 spiro atoms. The molecule has 0 amide bonds. The Hall–Kier alpha value is -1.42. The Labute approximate surface area is 118 Å². The van der Waals surface area contributed by atoms with Crippen LogP contribution in [0.25, 0.3) is 6.08 Å². The minimum atomic E-state index is -0.945. The highest BCUT2D eigenvalue weighted by Crippen LogP contribution is 2.23. The molecule has 0 atom stereocenters. The minimum Gasteiger partial charge on any atom is -0.493 e. The SMILES string of the molecule is CC(C)(C)SCCOc1ccc(/C=C/C(=O)O)cc1. The summed E-state index contributed by atoms with van der Waals surface area (Å²) in [6.45, 7) is 7.22. The Balaban J connectivity index is 2.38. The first-order valence-electron chi connectivity index (χ1n) is 6.15. The lowest BCUT2D eigenvalue weighted by Gasteiger charge is -2.17. The number of hydrogen-bond donors (Lipinski definition) is 1. The van der Waals surface area contributed by atoms with E-state index in [0.29, 0.717) is 6.61 Å². The Morgan fingerprint density at radius 3 is 2.47 bits per heavy atom. The van der Waals surface area contributed by atoms with Crippen LogP contribution in [0.15, 0.2) is 30.3 Å². The van der Waals surface area contributed by atoms with Crippen molar-refractivity contribution in [1.29, 1.82) is 0 Å². The summed E-state index contributed by atoms with van der Waals surface area (Å²) in [7, 11) is 0. The number of hydrogen-bond acceptors (Lipinski definition) is 3. The fraction of sp³-hybridized carbons (Fsp3) is 0.400. The van der Waals surface area contributed by atoms with Gasteiger partial charge in [-0.1, -0.05) is 32.9 Å². The van der Waals surface area contributed by atoms with Gasteiger partial charge in [0.15, 0.2) is 0 Å². The predicted octanol–water partition coefficient (Wildman–Crippen LogP) is 3.69. The van der Waals surface area contributed by atoms with E-state index in [1.807, 2.05) is 36.0 Å². The first-order chi connectivity index (χ1) is 8.87. The van der Waals surface area contributed by atoms with Crippen LogP contribution in [0.2, 0.25) is 0 Å². The molecule has 0 aliphatic rings. The minimum absolute atomic E-state index is 0.259. The van der Waals surface area contributed by atoms with E-state index in [4.69, 9.17) is 9.84 Å². The second-order valence-electron chi connectivity index (χ2n) is 5.05. The summed E-state index contributed by atoms with van der Waals surface area (Å²) in [5.74, 6) is 0.811. The summed E-state index contributed by atoms with van der Waals surface area (Å²) in [5.41, 5.74) is 0.846. The zero-order valence-corrected chi connectivity index (χ0v) is 12.4. The molecule has 0 bridgehead atoms. The summed E-state index contributed by atoms with van der Waals surface area (Å²) < 4.78 is 5.88. The zero-order chi connectivity index (χ0) is 14.3. The molecule has 1 rings (SSSR count). The Kier molecular flexibility index (Phi) is 5.96. The number of ether oxygens (including phenoxy) is 1. The van der Waals surface area contributed by atoms with Crippen molar-refractivity contribution in [3.05, 3.63) is 35.9 Å². The highest BCUT2D eigenvalue weighted by molar-refractivity contribution is 8.00. The fourth-order valence-electron chi connectivity index (χ4n) is 1.35. The van der Waals surface area contributed by atoms with E-state index < -0.39 is 5.97 Å². The van der Waals surface area contributed by atoms with E-state index in [2.05, 4.69) is 20.8 Å². The van der Waals surface area contributed by atoms with Crippen LogP contribution in [0.5, 0.6) is 5.75 Å². The first kappa shape index (κ1) is 15.6. The number of rotatable bonds is 6. The third kappa shape index (κ3) is 7.57. The molecule has 104 valence electrons. The summed E-state index contributed by atoms with van der Waals surface area (Å²) in [6, 6.07) is 7.38. The van der Waals surface area contributed by atoms with Gasteiger partial charge in [-0.25, -0.2) is 4.79 Å². The maximum absolute atomic E-state index is 10.4. The highest BCUT2D eigenvalue weighted by atomic mass is 32.2. The molecule has 3 nitrogen and oxygen atoms in total. The lowest BCUT2D eigenvalue weighted by molar-refractivity contribution is -0.131. The van der Waals surface area contributed by atoms with E-state index in [-0.39, 0.29) is 4.75 Å². The van der Waals surface area contributed by atoms with Gasteiger partial charge in [-0.2, -0.15) is 11.8 Å². The van der Waals surface area contributed by atoms with Crippen LogP contribution in [0.3, 0.4) is 0 Å². The predicted molar refractivity (Wildman–Crippen MR) is 80.8 cm³/mol. The van der Waals surface area contributed by atoms with Gasteiger partial charge in [-0.15, -0.1) is 0 Å². The first-order valence-corrected chi connectivity index (χ1v) is 7.13. The monoisotopic (exact) mass is 280 g/mol. The molecule has 0 saturated carbocycles. The van der Waals surface area contributed by atoms with Crippen molar-refractivity contribution in [1.82, 2.24) is 0 Å². The van der Waals surface area contributed by atoms with Crippen LogP contribution in [-0.4, -0.2) is 28.2 Å². The summed E-state index contributed by atoms with van der Waals surface area (Å²) in [6.07, 6.45) is 2.68. The van der Waals surface area contributed by atoms with Gasteiger partial charge in [0.05, 0.1) is 6.61 Å². The van der Waals surface area contributed by atoms with Crippen LogP contribution >= 0.6 is 11.8 Å². The van der Waals surface area contributed by atoms with Gasteiger partial charge in [-0.05, 0) is 23.8 Å². The quantitative estimate of drug-likeness (QED) is 0.637. The number of aliphatic carboxylic acids is 1. The highest BCUT2D eigenvalue weighted by Gasteiger charge is 2.09. The number of carboxylic acid groups (broad SMARTS) is 1. The molecule has 1 aromatic carbocycles. The molecule has 0 heterocycles. The molecule has 4 heteroatoms. The van der Waals surface area contributed by atoms with Gasteiger partial charge in [0.1, 0.15) is 5.75 Å². The van der Waals surface area contributed by atoms with Crippen LogP contribution < -0.4 is 4.74 Å². The van der Waals surface area contributed by atoms with E-state index in [1.165, 1.54) is 0 Å². The Morgan fingerprint density at radius 1 is 1.32 bits per heavy atom. The molecule has 0 radical (unpaired) electrons. The van der Waals surface area contributed by atoms with Crippen LogP contribution in [0.4, 0.5) is 0 Å². The third-order valence-electron chi connectivity index (χ3n) is 2.19. The average Bonchev–Trinajstić information content (AvgIpc) is 2.32. The number of thioether (sulfide) groups is 1. The average molecular weight is 280 g/mol. The van der Waals surface area contributed by atoms with Crippen molar-refractivity contribution in [2.45, 2.75) is 25.5 Å². The lowest BCUT2D eigenvalue weighted by atomic mass is 10.2. The zero-order valence-electron chi connectivity index (χ0n) is 11.6. The van der Waals surface area contributed by atoms with E-state index in [9.17, 15) is 4.79 Å². The Bertz CT molecular complexity index is 430. The van der Waals surface area contributed by atoms with Crippen molar-refractivity contribution in [3.8, 4) is 5.75 Å². The van der Waals surface area contributed by atoms with Crippen molar-refractivity contribution in [2.24, 2.45) is 0 Å². The molecule has 1 N–H and O–H groups in total. The largest absolute Gasteiger partial charge is 0.493 e. The van der Waals surface area contributed by atoms with Crippen molar-refractivity contribution >= 4 is 23.8 Å². The molecule has 0 fully saturated rings. The molecule has 0 unspecified atom stereocenters. The summed E-state index contributed by atoms with van der Waals surface area (Å²) in [5, 5.41) is 8.52. The van der Waals surface area contributed by atoms with E-state index in [1.54, 1.807) is 6.08 Å². The smallest absolute Gasteiger partial charge is 0.328 e. The number of carboxylic acids is 1. The number of carbonyl (C=O) groups is 1. The van der Waals surface area contributed by atoms with Crippen molar-refractivity contribution in [3.63, 3.8) is 0 Å². The molecular weight excluding hydrogens is 260 g/mol. The fourth-order valence-corrected chi connectivity index (χ4v) is 2.13. The molecule has 0 aromatic heterocycles. The van der Waals surface area contributed by atoms with Gasteiger partial charge >= 0.3 is 5.97 Å². The van der Waals surface area contributed by atoms with Gasteiger partial charge in [0.2, 0.25) is 0 Å². The lowest BCUT2D eigenvalue weighted by Crippen LogP contribution is -2.11. The standard InChI is InChI=1S/C15H20O3S/c1-15(2,3)19-11-10-18-13-7-4-12(5-8-13)6-9-14(16)17/h4-9H,10-11H2,1-3H3,(H,16,17)/b9-6+. The van der Waals surface area contributed by atoms with Gasteiger partial charge in [-0.3, -0.25) is 0 Å². The second-order valence-corrected chi connectivity index (χ2v) is 6.97. The summed E-state index contributed by atoms with van der Waals surface area (Å²) >= 11 is 1.87. The molecule has 0 aliphatic heterocycles. The normalized spacial score (nSPS) is 11.7. The van der Waals surface area contributed by atoms with Crippen molar-refractivity contribution in [2.75, 3.05) is 12.4 Å². The van der Waals surface area contributed by atoms with E-state index >= 15 is 0 Å². The molecule has 19 heavy (non-hydrogen) atoms. The third-order valence-corrected chi connectivity index (χ3v) is 3.42. The molecular formula is C15H20O3S. The van der Waals surface area contributed by atoms with Gasteiger partial charge in [0, 0.05) is 16.6 Å². The van der Waals surface area contributed by atoms with Crippen LogP contribution in [-0.2, 0) is 4.79 Å². The van der Waals surface area contributed by atoms with Crippen molar-refractivity contribution < 1.29 is 14.6 Å². The number of benzene rings is 1. The maximum atomic E-state index is 10.4. The van der Waals surface area contributed by atoms with Gasteiger partial charge < -0.3 is 9.84 Å². The van der Waals surface area contributed by atoms with Crippen LogP contribution in [0.1, 0.15) is 26.3 Å². The van der Waals surface area contributed by atoms with Crippen LogP contribution in [0, 0.1) is 0 Å². The molecule has 1 aromatic rings. The molecule has 0 aliphatic carbocycles. The summed E-state index contributed by atoms with van der Waals surface area (Å²) in [4.78, 5) is 10.4. The van der Waals surface area contributed by atoms with E-state index in [0.717, 1.165) is 23.1 Å². The van der Waals surface area contributed by atoms with Gasteiger partial charge in [0.25, 0.3) is 0 Å². The molecule has 0 saturated heterocycles. The topological polar surface area (TPSA) is 46.5 Å². The maximum Gasteiger partial charge on any atom is 0.328 e. The second kappa shape index (κ2) is 7.24. The Morgan fingerprint density at radius 2 is 1.95 bits per heavy atom.